The third-order valence-corrected chi connectivity index (χ3v) is 7.32. The highest BCUT2D eigenvalue weighted by Gasteiger charge is 2.40. The van der Waals surface area contributed by atoms with Crippen molar-refractivity contribution in [3.8, 4) is 22.8 Å². The SMILES string of the molecule is CCCCc1cccc(-c2cccc(C(CC)(CC)C(O)c3cn(COC)c(-c4ccccn4)n3)n2)c1. The first-order valence-electron chi connectivity index (χ1n) is 13.3. The fourth-order valence-electron chi connectivity index (χ4n) is 5.07. The highest BCUT2D eigenvalue weighted by Crippen LogP contribution is 2.43. The van der Waals surface area contributed by atoms with Crippen molar-refractivity contribution in [2.45, 2.75) is 71.1 Å². The molecule has 0 saturated heterocycles. The van der Waals surface area contributed by atoms with E-state index in [1.807, 2.05) is 41.1 Å². The first-order chi connectivity index (χ1) is 18.1. The Balaban J connectivity index is 1.73. The number of benzene rings is 1. The molecule has 194 valence electrons. The van der Waals surface area contributed by atoms with Gasteiger partial charge in [-0.2, -0.15) is 0 Å². The lowest BCUT2D eigenvalue weighted by atomic mass is 9.73. The Kier molecular flexibility index (Phi) is 8.85. The summed E-state index contributed by atoms with van der Waals surface area (Å²) in [4.78, 5) is 14.4. The highest BCUT2D eigenvalue weighted by atomic mass is 16.5. The zero-order valence-electron chi connectivity index (χ0n) is 22.4. The fourth-order valence-corrected chi connectivity index (χ4v) is 5.07. The molecule has 0 bridgehead atoms. The third kappa shape index (κ3) is 5.65. The zero-order chi connectivity index (χ0) is 26.3. The smallest absolute Gasteiger partial charge is 0.160 e. The number of unbranched alkanes of at least 4 members (excludes halogenated alkanes) is 1. The summed E-state index contributed by atoms with van der Waals surface area (Å²) in [7, 11) is 1.65. The standard InChI is InChI=1S/C31H38N4O2/c1-5-8-13-23-14-11-15-24(20-23)25-17-12-18-28(33-25)31(6-2,7-3)29(36)27-21-35(22-37-4)30(34-27)26-16-9-10-19-32-26/h9-12,14-21,29,36H,5-8,13,22H2,1-4H3. The molecular weight excluding hydrogens is 460 g/mol. The number of hydrogen-bond donors (Lipinski definition) is 1. The van der Waals surface area contributed by atoms with Crippen LogP contribution in [0.2, 0.25) is 0 Å². The molecule has 4 rings (SSSR count). The number of methoxy groups -OCH3 is 1. The van der Waals surface area contributed by atoms with E-state index < -0.39 is 11.5 Å². The largest absolute Gasteiger partial charge is 0.386 e. The van der Waals surface area contributed by atoms with Crippen molar-refractivity contribution in [1.82, 2.24) is 19.5 Å². The number of aliphatic hydroxyl groups excluding tert-OH is 1. The van der Waals surface area contributed by atoms with Gasteiger partial charge in [-0.3, -0.25) is 9.97 Å². The molecule has 0 aliphatic carbocycles. The topological polar surface area (TPSA) is 73.1 Å². The van der Waals surface area contributed by atoms with Gasteiger partial charge in [0.05, 0.1) is 17.1 Å². The van der Waals surface area contributed by atoms with Gasteiger partial charge in [0.1, 0.15) is 18.5 Å². The van der Waals surface area contributed by atoms with E-state index in [9.17, 15) is 5.11 Å². The molecule has 0 aliphatic heterocycles. The third-order valence-electron chi connectivity index (χ3n) is 7.32. The Morgan fingerprint density at radius 3 is 2.43 bits per heavy atom. The van der Waals surface area contributed by atoms with Crippen LogP contribution in [0, 0.1) is 0 Å². The van der Waals surface area contributed by atoms with E-state index in [0.717, 1.165) is 29.1 Å². The van der Waals surface area contributed by atoms with Crippen LogP contribution in [0.5, 0.6) is 0 Å². The van der Waals surface area contributed by atoms with Crippen molar-refractivity contribution in [2.24, 2.45) is 0 Å². The van der Waals surface area contributed by atoms with Crippen LogP contribution >= 0.6 is 0 Å². The van der Waals surface area contributed by atoms with E-state index >= 15 is 0 Å². The van der Waals surface area contributed by atoms with E-state index in [0.29, 0.717) is 31.1 Å². The van der Waals surface area contributed by atoms with E-state index in [1.54, 1.807) is 13.3 Å². The second kappa shape index (κ2) is 12.3. The van der Waals surface area contributed by atoms with Crippen LogP contribution in [0.15, 0.2) is 73.1 Å². The molecule has 0 fully saturated rings. The van der Waals surface area contributed by atoms with Crippen molar-refractivity contribution < 1.29 is 9.84 Å². The first kappa shape index (κ1) is 26.7. The van der Waals surface area contributed by atoms with Gasteiger partial charge < -0.3 is 14.4 Å². The van der Waals surface area contributed by atoms with Gasteiger partial charge in [0.25, 0.3) is 0 Å². The van der Waals surface area contributed by atoms with Crippen LogP contribution in [0.25, 0.3) is 22.8 Å². The average Bonchev–Trinajstić information content (AvgIpc) is 3.38. The van der Waals surface area contributed by atoms with Crippen molar-refractivity contribution in [2.75, 3.05) is 7.11 Å². The predicted octanol–water partition coefficient (Wildman–Crippen LogP) is 6.75. The van der Waals surface area contributed by atoms with Crippen molar-refractivity contribution in [3.63, 3.8) is 0 Å². The number of nitrogens with zero attached hydrogens (tertiary/aromatic N) is 4. The molecule has 0 spiro atoms. The summed E-state index contributed by atoms with van der Waals surface area (Å²) in [5.41, 5.74) is 4.97. The summed E-state index contributed by atoms with van der Waals surface area (Å²) < 4.78 is 7.30. The molecule has 6 heteroatoms. The molecule has 3 aromatic heterocycles. The lowest BCUT2D eigenvalue weighted by molar-refractivity contribution is 0.0664. The number of pyridine rings is 2. The normalized spacial score (nSPS) is 12.6. The highest BCUT2D eigenvalue weighted by molar-refractivity contribution is 5.60. The minimum atomic E-state index is -0.846. The number of rotatable bonds is 12. The van der Waals surface area contributed by atoms with Crippen LogP contribution in [-0.4, -0.2) is 31.7 Å². The quantitative estimate of drug-likeness (QED) is 0.234. The van der Waals surface area contributed by atoms with Gasteiger partial charge >= 0.3 is 0 Å². The van der Waals surface area contributed by atoms with Crippen LogP contribution in [0.3, 0.4) is 0 Å². The van der Waals surface area contributed by atoms with Crippen molar-refractivity contribution >= 4 is 0 Å². The summed E-state index contributed by atoms with van der Waals surface area (Å²) in [6, 6.07) is 20.5. The average molecular weight is 499 g/mol. The fraction of sp³-hybridized carbons (Fsp3) is 0.387. The minimum Gasteiger partial charge on any atom is -0.386 e. The summed E-state index contributed by atoms with van der Waals surface area (Å²) in [6.45, 7) is 6.75. The van der Waals surface area contributed by atoms with E-state index in [1.165, 1.54) is 18.4 Å². The molecule has 37 heavy (non-hydrogen) atoms. The lowest BCUT2D eigenvalue weighted by Gasteiger charge is -2.35. The molecule has 6 nitrogen and oxygen atoms in total. The number of aromatic nitrogens is 4. The van der Waals surface area contributed by atoms with Gasteiger partial charge in [-0.15, -0.1) is 0 Å². The van der Waals surface area contributed by atoms with E-state index in [4.69, 9.17) is 14.7 Å². The lowest BCUT2D eigenvalue weighted by Crippen LogP contribution is -2.34. The Morgan fingerprint density at radius 1 is 0.946 bits per heavy atom. The molecule has 1 aromatic carbocycles. The Hall–Kier alpha value is -3.35. The molecule has 1 atom stereocenters. The second-order valence-corrected chi connectivity index (χ2v) is 9.57. The maximum Gasteiger partial charge on any atom is 0.160 e. The number of ether oxygens (including phenoxy) is 1. The maximum absolute atomic E-state index is 11.9. The molecule has 0 amide bonds. The van der Waals surface area contributed by atoms with E-state index in [2.05, 4.69) is 56.1 Å². The summed E-state index contributed by atoms with van der Waals surface area (Å²) in [5.74, 6) is 0.670. The molecule has 1 unspecified atom stereocenters. The monoisotopic (exact) mass is 498 g/mol. The van der Waals surface area contributed by atoms with E-state index in [-0.39, 0.29) is 0 Å². The predicted molar refractivity (Wildman–Crippen MR) is 148 cm³/mol. The number of hydrogen-bond acceptors (Lipinski definition) is 5. The minimum absolute atomic E-state index is 0.318. The second-order valence-electron chi connectivity index (χ2n) is 9.57. The summed E-state index contributed by atoms with van der Waals surface area (Å²) in [5, 5.41) is 11.9. The number of imidazole rings is 1. The van der Waals surface area contributed by atoms with Gasteiger partial charge in [-0.25, -0.2) is 4.98 Å². The van der Waals surface area contributed by atoms with Crippen LogP contribution < -0.4 is 0 Å². The maximum atomic E-state index is 11.9. The van der Waals surface area contributed by atoms with Gasteiger partial charge in [-0.05, 0) is 61.6 Å². The number of aryl methyl sites for hydroxylation is 1. The Labute approximate surface area is 220 Å². The molecular formula is C31H38N4O2. The van der Waals surface area contributed by atoms with Gasteiger partial charge in [0.2, 0.25) is 0 Å². The number of aliphatic hydroxyl groups is 1. The molecule has 0 saturated carbocycles. The first-order valence-corrected chi connectivity index (χ1v) is 13.3. The van der Waals surface area contributed by atoms with Gasteiger partial charge in [0, 0.05) is 30.5 Å². The van der Waals surface area contributed by atoms with Crippen LogP contribution in [-0.2, 0) is 23.3 Å². The molecule has 4 aromatic rings. The van der Waals surface area contributed by atoms with Crippen molar-refractivity contribution in [3.05, 3.63) is 90.0 Å². The van der Waals surface area contributed by atoms with Gasteiger partial charge in [-0.1, -0.05) is 57.5 Å². The van der Waals surface area contributed by atoms with Crippen molar-refractivity contribution in [1.29, 1.82) is 0 Å². The Morgan fingerprint density at radius 2 is 1.73 bits per heavy atom. The summed E-state index contributed by atoms with van der Waals surface area (Å²) >= 11 is 0. The van der Waals surface area contributed by atoms with Crippen LogP contribution in [0.1, 0.15) is 69.5 Å². The molecule has 3 heterocycles. The molecule has 0 radical (unpaired) electrons. The van der Waals surface area contributed by atoms with Gasteiger partial charge in [0.15, 0.2) is 5.82 Å². The zero-order valence-corrected chi connectivity index (χ0v) is 22.4. The molecule has 0 aliphatic rings. The molecule has 1 N–H and O–H groups in total. The summed E-state index contributed by atoms with van der Waals surface area (Å²) in [6.07, 6.45) is 7.62. The van der Waals surface area contributed by atoms with Crippen LogP contribution in [0.4, 0.5) is 0 Å². The Bertz CT molecular complexity index is 1280.